The van der Waals surface area contributed by atoms with Crippen molar-refractivity contribution in [3.05, 3.63) is 65.7 Å². The molecule has 10 heteroatoms. The Morgan fingerprint density at radius 2 is 1.73 bits per heavy atom. The average molecular weight is 565 g/mol. The molecule has 1 aliphatic heterocycles. The molecule has 4 atom stereocenters. The first-order valence-electron chi connectivity index (χ1n) is 14.1. The second-order valence-electron chi connectivity index (χ2n) is 10.4. The summed E-state index contributed by atoms with van der Waals surface area (Å²) in [5.41, 5.74) is 1.98. The number of para-hydroxylation sites is 1. The number of likely N-dealkylation sites (N-methyl/N-ethyl adjacent to an activating group) is 1. The fourth-order valence-electron chi connectivity index (χ4n) is 4.89. The molecule has 8 nitrogen and oxygen atoms in total. The van der Waals surface area contributed by atoms with Crippen LogP contribution in [0.3, 0.4) is 0 Å². The van der Waals surface area contributed by atoms with E-state index in [0.717, 1.165) is 23.3 Å². The molecule has 0 bridgehead atoms. The van der Waals surface area contributed by atoms with Crippen molar-refractivity contribution in [2.45, 2.75) is 77.1 Å². The van der Waals surface area contributed by atoms with Crippen molar-refractivity contribution in [2.75, 3.05) is 20.1 Å². The number of aryl methyl sites for hydroxylation is 1. The number of benzene rings is 2. The van der Waals surface area contributed by atoms with Crippen molar-refractivity contribution < 1.29 is 19.1 Å². The van der Waals surface area contributed by atoms with Crippen LogP contribution in [0.5, 0.6) is 5.75 Å². The molecule has 1 aliphatic rings. The van der Waals surface area contributed by atoms with E-state index in [1.165, 1.54) is 11.2 Å². The molecule has 0 saturated carbocycles. The van der Waals surface area contributed by atoms with Gasteiger partial charge in [-0.1, -0.05) is 6.07 Å². The van der Waals surface area contributed by atoms with Crippen molar-refractivity contribution in [1.29, 1.82) is 0 Å². The van der Waals surface area contributed by atoms with Crippen LogP contribution in [0.25, 0.3) is 0 Å². The summed E-state index contributed by atoms with van der Waals surface area (Å²) in [5.74, 6) is -0.0651. The average Bonchev–Trinajstić information content (AvgIpc) is 2.96. The Balaban J connectivity index is 1.92. The van der Waals surface area contributed by atoms with E-state index in [2.05, 4.69) is 10.6 Å². The van der Waals surface area contributed by atoms with Crippen LogP contribution in [0.15, 0.2) is 54.6 Å². The van der Waals surface area contributed by atoms with Crippen LogP contribution in [-0.4, -0.2) is 78.1 Å². The molecule has 1 heterocycles. The first kappa shape index (κ1) is 31.3. The molecular formula is C30H41BN4O4S. The van der Waals surface area contributed by atoms with Crippen molar-refractivity contribution in [3.8, 4) is 5.75 Å². The van der Waals surface area contributed by atoms with E-state index < -0.39 is 18.1 Å². The molecule has 0 fully saturated rings. The summed E-state index contributed by atoms with van der Waals surface area (Å²) in [6.07, 6.45) is 4.39. The molecule has 0 aliphatic carbocycles. The normalized spacial score (nSPS) is 23.6. The fourth-order valence-corrected chi connectivity index (χ4v) is 5.12. The van der Waals surface area contributed by atoms with Gasteiger partial charge in [0.05, 0.1) is 0 Å². The van der Waals surface area contributed by atoms with Crippen LogP contribution in [0.2, 0.25) is 0 Å². The van der Waals surface area contributed by atoms with Crippen molar-refractivity contribution in [3.63, 3.8) is 0 Å². The number of ether oxygens (including phenoxy) is 1. The Hall–Kier alpha value is -3.27. The second-order valence-corrected chi connectivity index (χ2v) is 10.6. The number of hydrogen-bond donors (Lipinski definition) is 2. The molecule has 3 amide bonds. The van der Waals surface area contributed by atoms with Crippen LogP contribution >= 0.6 is 12.1 Å². The van der Waals surface area contributed by atoms with Gasteiger partial charge in [0.15, 0.2) is 0 Å². The molecule has 2 aromatic rings. The fraction of sp³-hybridized carbons (Fsp3) is 0.500. The molecule has 0 radical (unpaired) electrons. The summed E-state index contributed by atoms with van der Waals surface area (Å²) < 4.78 is 6.32. The monoisotopic (exact) mass is 564 g/mol. The SMILES string of the molecule is CCC[C@H]1C(=O)N(C)[C@H](C)C(=O)N[C@H](Cc2ccccc2)C(=O)NCCCc2ccccc2O[C@H](C)CN1B=S. The van der Waals surface area contributed by atoms with Gasteiger partial charge in [-0.2, -0.15) is 0 Å². The predicted molar refractivity (Wildman–Crippen MR) is 161 cm³/mol. The third kappa shape index (κ3) is 8.62. The topological polar surface area (TPSA) is 91.0 Å². The number of nitrogens with one attached hydrogen (secondary N) is 2. The summed E-state index contributed by atoms with van der Waals surface area (Å²) in [5, 5.41) is 5.90. The molecule has 0 saturated heterocycles. The molecule has 2 aromatic carbocycles. The standard InChI is InChI=1S/C30H41BN4O4S/c1-5-12-26-30(38)34(4)22(3)28(36)33-25(19-23-13-7-6-8-14-23)29(37)32-18-11-16-24-15-9-10-17-27(24)39-21(2)20-35(26)31-40/h6-10,13-15,17,21-22,25-26H,5,11-12,16,18-20H2,1-4H3,(H,32,37)(H,33,36)/t21-,22-,25-,26+/m1/s1. The van der Waals surface area contributed by atoms with Gasteiger partial charge in [0.25, 0.3) is 0 Å². The zero-order valence-corrected chi connectivity index (χ0v) is 24.8. The Bertz CT molecular complexity index is 1150. The van der Waals surface area contributed by atoms with Gasteiger partial charge >= 0.3 is 238 Å². The van der Waals surface area contributed by atoms with Gasteiger partial charge in [0, 0.05) is 0 Å². The Kier molecular flexibility index (Phi) is 12.1. The number of fused-ring (bicyclic) bond motifs is 1. The van der Waals surface area contributed by atoms with Crippen molar-refractivity contribution in [1.82, 2.24) is 20.3 Å². The minimum atomic E-state index is -0.788. The molecule has 0 aromatic heterocycles. The van der Waals surface area contributed by atoms with Crippen LogP contribution < -0.4 is 15.4 Å². The Morgan fingerprint density at radius 1 is 1.02 bits per heavy atom. The first-order valence-corrected chi connectivity index (χ1v) is 14.6. The maximum atomic E-state index is 13.7. The van der Waals surface area contributed by atoms with Crippen LogP contribution in [0, 0.1) is 0 Å². The predicted octanol–water partition coefficient (Wildman–Crippen LogP) is 3.29. The summed E-state index contributed by atoms with van der Waals surface area (Å²) >= 11 is 5.34. The zero-order chi connectivity index (χ0) is 29.1. The summed E-state index contributed by atoms with van der Waals surface area (Å²) in [6, 6.07) is 15.4. The zero-order valence-electron chi connectivity index (χ0n) is 24.0. The number of rotatable bonds is 5. The van der Waals surface area contributed by atoms with Gasteiger partial charge in [-0.3, -0.25) is 0 Å². The molecular weight excluding hydrogens is 523 g/mol. The molecule has 0 unspecified atom stereocenters. The maximum absolute atomic E-state index is 13.7. The van der Waals surface area contributed by atoms with Gasteiger partial charge in [-0.05, 0) is 0 Å². The van der Waals surface area contributed by atoms with Crippen molar-refractivity contribution in [2.24, 2.45) is 0 Å². The van der Waals surface area contributed by atoms with Crippen LogP contribution in [0.4, 0.5) is 0 Å². The summed E-state index contributed by atoms with van der Waals surface area (Å²) in [6.45, 7) is 6.53. The van der Waals surface area contributed by atoms with E-state index in [1.54, 1.807) is 14.0 Å². The third-order valence-corrected chi connectivity index (χ3v) is 7.57. The summed E-state index contributed by atoms with van der Waals surface area (Å²) in [4.78, 5) is 43.6. The van der Waals surface area contributed by atoms with Crippen molar-refractivity contribution >= 4 is 36.1 Å². The molecule has 40 heavy (non-hydrogen) atoms. The Labute approximate surface area is 244 Å². The van der Waals surface area contributed by atoms with E-state index in [4.69, 9.17) is 16.8 Å². The number of nitrogens with zero attached hydrogens (tertiary/aromatic N) is 2. The van der Waals surface area contributed by atoms with Gasteiger partial charge in [-0.25, -0.2) is 0 Å². The first-order chi connectivity index (χ1) is 19.2. The van der Waals surface area contributed by atoms with E-state index in [1.807, 2.05) is 73.3 Å². The number of amides is 3. The van der Waals surface area contributed by atoms with Gasteiger partial charge in [0.2, 0.25) is 0 Å². The van der Waals surface area contributed by atoms with Crippen LogP contribution in [0.1, 0.15) is 51.2 Å². The second kappa shape index (κ2) is 15.5. The number of hydrogen-bond acceptors (Lipinski definition) is 5. The summed E-state index contributed by atoms with van der Waals surface area (Å²) in [7, 11) is 1.62. The number of carbonyl (C=O) groups is 3. The van der Waals surface area contributed by atoms with E-state index in [9.17, 15) is 14.4 Å². The van der Waals surface area contributed by atoms with Gasteiger partial charge < -0.3 is 0 Å². The molecule has 2 N–H and O–H groups in total. The number of carbonyl (C=O) groups excluding carboxylic acids is 3. The molecule has 0 spiro atoms. The third-order valence-electron chi connectivity index (χ3n) is 7.30. The molecule has 3 rings (SSSR count). The van der Waals surface area contributed by atoms with Gasteiger partial charge in [0.1, 0.15) is 0 Å². The van der Waals surface area contributed by atoms with E-state index >= 15 is 0 Å². The van der Waals surface area contributed by atoms with E-state index in [0.29, 0.717) is 38.8 Å². The van der Waals surface area contributed by atoms with E-state index in [-0.39, 0.29) is 23.8 Å². The van der Waals surface area contributed by atoms with Crippen LogP contribution in [-0.2, 0) is 27.2 Å². The van der Waals surface area contributed by atoms with Gasteiger partial charge in [-0.15, -0.1) is 0 Å². The minimum absolute atomic E-state index is 0.205. The molecule has 214 valence electrons. The quantitative estimate of drug-likeness (QED) is 0.542. The Morgan fingerprint density at radius 3 is 2.42 bits per heavy atom.